The van der Waals surface area contributed by atoms with E-state index in [1.54, 1.807) is 19.2 Å². The molecule has 0 N–H and O–H groups in total. The number of carbonyl (C=O) groups is 1. The molecule has 0 amide bonds. The van der Waals surface area contributed by atoms with Gasteiger partial charge in [-0.3, -0.25) is 4.79 Å². The molecule has 3 heterocycles. The third-order valence-electron chi connectivity index (χ3n) is 5.36. The van der Waals surface area contributed by atoms with Gasteiger partial charge in [-0.05, 0) is 49.9 Å². The second kappa shape index (κ2) is 5.55. The number of ether oxygens (including phenoxy) is 1. The number of rotatable bonds is 3. The maximum atomic E-state index is 12.9. The standard InChI is InChI=1S/C18H19NO4S/c1-23-17-7-3-11-8-12(2-6-16(11)19-17)18(20)13-9-14-4-5-15(10-13)24(14,21)22/h2-3,6-8,13-15H,4-5,9-10H2,1H3. The zero-order chi connectivity index (χ0) is 16.9. The van der Waals surface area contributed by atoms with Crippen molar-refractivity contribution >= 4 is 26.5 Å². The van der Waals surface area contributed by atoms with E-state index in [0.29, 0.717) is 37.1 Å². The van der Waals surface area contributed by atoms with Gasteiger partial charge in [0.25, 0.3) is 0 Å². The lowest BCUT2D eigenvalue weighted by Crippen LogP contribution is -2.36. The summed E-state index contributed by atoms with van der Waals surface area (Å²) in [6.07, 6.45) is 2.35. The molecule has 2 aliphatic heterocycles. The van der Waals surface area contributed by atoms with Crippen LogP contribution in [0.2, 0.25) is 0 Å². The smallest absolute Gasteiger partial charge is 0.213 e. The molecule has 1 aromatic heterocycles. The minimum absolute atomic E-state index is 0.0551. The molecular formula is C18H19NO4S. The number of hydrogen-bond donors (Lipinski definition) is 0. The first-order chi connectivity index (χ1) is 11.5. The number of sulfone groups is 1. The minimum atomic E-state index is -3.00. The Bertz CT molecular complexity index is 902. The van der Waals surface area contributed by atoms with Crippen LogP contribution >= 0.6 is 0 Å². The molecule has 126 valence electrons. The third-order valence-corrected chi connectivity index (χ3v) is 8.08. The molecule has 5 nitrogen and oxygen atoms in total. The molecule has 2 bridgehead atoms. The average molecular weight is 345 g/mol. The summed E-state index contributed by atoms with van der Waals surface area (Å²) in [5.41, 5.74) is 1.41. The summed E-state index contributed by atoms with van der Waals surface area (Å²) in [6, 6.07) is 9.09. The summed E-state index contributed by atoms with van der Waals surface area (Å²) >= 11 is 0. The van der Waals surface area contributed by atoms with Gasteiger partial charge < -0.3 is 4.74 Å². The van der Waals surface area contributed by atoms with E-state index in [4.69, 9.17) is 4.74 Å². The van der Waals surface area contributed by atoms with Gasteiger partial charge in [-0.25, -0.2) is 13.4 Å². The van der Waals surface area contributed by atoms with Crippen molar-refractivity contribution in [2.75, 3.05) is 7.11 Å². The lowest BCUT2D eigenvalue weighted by atomic mass is 9.90. The van der Waals surface area contributed by atoms with Crippen molar-refractivity contribution < 1.29 is 17.9 Å². The highest BCUT2D eigenvalue weighted by molar-refractivity contribution is 7.93. The molecule has 2 atom stereocenters. The van der Waals surface area contributed by atoms with E-state index >= 15 is 0 Å². The Morgan fingerprint density at radius 3 is 2.50 bits per heavy atom. The van der Waals surface area contributed by atoms with Gasteiger partial charge >= 0.3 is 0 Å². The number of carbonyl (C=O) groups excluding carboxylic acids is 1. The normalized spacial score (nSPS) is 28.0. The van der Waals surface area contributed by atoms with Crippen molar-refractivity contribution in [3.8, 4) is 5.88 Å². The van der Waals surface area contributed by atoms with Crippen LogP contribution < -0.4 is 4.74 Å². The van der Waals surface area contributed by atoms with Crippen LogP contribution in [0.25, 0.3) is 10.9 Å². The molecule has 2 unspecified atom stereocenters. The fraction of sp³-hybridized carbons (Fsp3) is 0.444. The SMILES string of the molecule is COc1ccc2cc(C(=O)C3CC4CCC(C3)S4(=O)=O)ccc2n1. The van der Waals surface area contributed by atoms with E-state index in [1.807, 2.05) is 18.2 Å². The summed E-state index contributed by atoms with van der Waals surface area (Å²) < 4.78 is 29.5. The Kier molecular flexibility index (Phi) is 3.60. The van der Waals surface area contributed by atoms with Crippen molar-refractivity contribution in [3.05, 3.63) is 35.9 Å². The van der Waals surface area contributed by atoms with Gasteiger partial charge in [0, 0.05) is 22.9 Å². The molecule has 0 saturated carbocycles. The number of aromatic nitrogens is 1. The van der Waals surface area contributed by atoms with Crippen molar-refractivity contribution in [1.29, 1.82) is 0 Å². The van der Waals surface area contributed by atoms with Gasteiger partial charge in [0.2, 0.25) is 5.88 Å². The fourth-order valence-electron chi connectivity index (χ4n) is 4.03. The summed E-state index contributed by atoms with van der Waals surface area (Å²) in [7, 11) is -1.43. The van der Waals surface area contributed by atoms with Gasteiger partial charge in [0.1, 0.15) is 0 Å². The van der Waals surface area contributed by atoms with Crippen molar-refractivity contribution in [1.82, 2.24) is 4.98 Å². The van der Waals surface area contributed by atoms with Crippen LogP contribution in [-0.4, -0.2) is 36.8 Å². The number of fused-ring (bicyclic) bond motifs is 3. The van der Waals surface area contributed by atoms with E-state index in [2.05, 4.69) is 4.98 Å². The Morgan fingerprint density at radius 1 is 1.12 bits per heavy atom. The predicted molar refractivity (Wildman–Crippen MR) is 91.1 cm³/mol. The first-order valence-electron chi connectivity index (χ1n) is 8.21. The Labute approximate surface area is 141 Å². The van der Waals surface area contributed by atoms with E-state index in [9.17, 15) is 13.2 Å². The Morgan fingerprint density at radius 2 is 1.83 bits per heavy atom. The fourth-order valence-corrected chi connectivity index (χ4v) is 6.51. The van der Waals surface area contributed by atoms with Gasteiger partial charge in [0.15, 0.2) is 15.6 Å². The predicted octanol–water partition coefficient (Wildman–Crippen LogP) is 2.78. The number of pyridine rings is 1. The average Bonchev–Trinajstić information content (AvgIpc) is 2.78. The third kappa shape index (κ3) is 2.40. The van der Waals surface area contributed by atoms with Crippen LogP contribution in [0.15, 0.2) is 30.3 Å². The molecule has 1 aromatic carbocycles. The number of benzene rings is 1. The highest BCUT2D eigenvalue weighted by atomic mass is 32.2. The van der Waals surface area contributed by atoms with Gasteiger partial charge in [-0.1, -0.05) is 0 Å². The van der Waals surface area contributed by atoms with Crippen LogP contribution in [0.5, 0.6) is 5.88 Å². The maximum absolute atomic E-state index is 12.9. The first-order valence-corrected chi connectivity index (χ1v) is 9.81. The van der Waals surface area contributed by atoms with Crippen molar-refractivity contribution in [2.24, 2.45) is 5.92 Å². The largest absolute Gasteiger partial charge is 0.481 e. The summed E-state index contributed by atoms with van der Waals surface area (Å²) in [5.74, 6) is 0.407. The lowest BCUT2D eigenvalue weighted by molar-refractivity contribution is 0.0905. The van der Waals surface area contributed by atoms with Crippen LogP contribution in [0.3, 0.4) is 0 Å². The molecular weight excluding hydrogens is 326 g/mol. The van der Waals surface area contributed by atoms with E-state index < -0.39 is 9.84 Å². The highest BCUT2D eigenvalue weighted by Gasteiger charge is 2.48. The summed E-state index contributed by atoms with van der Waals surface area (Å²) in [6.45, 7) is 0. The lowest BCUT2D eigenvalue weighted by Gasteiger charge is -2.27. The Hall–Kier alpha value is -1.95. The van der Waals surface area contributed by atoms with Crippen LogP contribution in [0.4, 0.5) is 0 Å². The number of hydrogen-bond acceptors (Lipinski definition) is 5. The van der Waals surface area contributed by atoms with E-state index in [0.717, 1.165) is 10.9 Å². The first kappa shape index (κ1) is 15.6. The monoisotopic (exact) mass is 345 g/mol. The molecule has 2 saturated heterocycles. The number of methoxy groups -OCH3 is 1. The van der Waals surface area contributed by atoms with Crippen LogP contribution in [-0.2, 0) is 9.84 Å². The minimum Gasteiger partial charge on any atom is -0.481 e. The number of nitrogens with zero attached hydrogens (tertiary/aromatic N) is 1. The Balaban J connectivity index is 1.62. The van der Waals surface area contributed by atoms with Gasteiger partial charge in [-0.15, -0.1) is 0 Å². The molecule has 0 spiro atoms. The topological polar surface area (TPSA) is 73.3 Å². The molecule has 2 fully saturated rings. The molecule has 6 heteroatoms. The van der Waals surface area contributed by atoms with Crippen molar-refractivity contribution in [3.63, 3.8) is 0 Å². The van der Waals surface area contributed by atoms with E-state index in [-0.39, 0.29) is 22.2 Å². The second-order valence-corrected chi connectivity index (χ2v) is 9.22. The second-order valence-electron chi connectivity index (χ2n) is 6.70. The molecule has 0 radical (unpaired) electrons. The number of Topliss-reactive ketones (excluding diaryl/α,β-unsaturated/α-hetero) is 1. The van der Waals surface area contributed by atoms with E-state index in [1.165, 1.54) is 0 Å². The maximum Gasteiger partial charge on any atom is 0.213 e. The highest BCUT2D eigenvalue weighted by Crippen LogP contribution is 2.42. The molecule has 24 heavy (non-hydrogen) atoms. The number of ketones is 1. The zero-order valence-corrected chi connectivity index (χ0v) is 14.3. The quantitative estimate of drug-likeness (QED) is 0.800. The van der Waals surface area contributed by atoms with Crippen LogP contribution in [0, 0.1) is 5.92 Å². The summed E-state index contributed by atoms with van der Waals surface area (Å²) in [5, 5.41) is 0.237. The van der Waals surface area contributed by atoms with Crippen molar-refractivity contribution in [2.45, 2.75) is 36.2 Å². The molecule has 2 aliphatic rings. The van der Waals surface area contributed by atoms with Gasteiger partial charge in [0.05, 0.1) is 23.1 Å². The summed E-state index contributed by atoms with van der Waals surface area (Å²) in [4.78, 5) is 17.2. The molecule has 2 aromatic rings. The van der Waals surface area contributed by atoms with Crippen LogP contribution in [0.1, 0.15) is 36.0 Å². The molecule has 0 aliphatic carbocycles. The molecule has 4 rings (SSSR count). The van der Waals surface area contributed by atoms with Gasteiger partial charge in [-0.2, -0.15) is 0 Å². The zero-order valence-electron chi connectivity index (χ0n) is 13.4.